The van der Waals surface area contributed by atoms with E-state index in [-0.39, 0.29) is 49.0 Å². The number of piperidine rings is 1. The molecule has 0 aromatic heterocycles. The maximum atomic E-state index is 13.0. The molecule has 1 saturated heterocycles. The van der Waals surface area contributed by atoms with E-state index < -0.39 is 0 Å². The topological polar surface area (TPSA) is 83.5 Å². The Hall–Kier alpha value is -1.74. The molecule has 0 N–H and O–H groups in total. The van der Waals surface area contributed by atoms with Gasteiger partial charge in [-0.3, -0.25) is 9.59 Å². The van der Waals surface area contributed by atoms with Crippen LogP contribution in [0.15, 0.2) is 23.8 Å². The SMILES string of the molecule is CCCCCCCC/C=C\CCCCCCCCOCOCC(CN1CCCCC1)OCCCOC(=O)CCC(=O)O[C@H]1CC[C@@]2(C)C(=CC[C@H]3[C@@H]4CC[C@H]([C@H](C)CCCC(C)C)[C@@]4(C)CC[C@@H]32)C1. The average Bonchev–Trinajstić information content (AvgIpc) is 3.70. The average molecular weight is 967 g/mol. The smallest absolute Gasteiger partial charge is 0.306 e. The number of nitrogens with zero attached hydrogens (tertiary/aromatic N) is 1. The molecule has 0 amide bonds. The van der Waals surface area contributed by atoms with Crippen LogP contribution in [0.3, 0.4) is 0 Å². The molecule has 1 unspecified atom stereocenters. The minimum atomic E-state index is -0.347. The lowest BCUT2D eigenvalue weighted by Crippen LogP contribution is -2.51. The Morgan fingerprint density at radius 1 is 0.725 bits per heavy atom. The maximum absolute atomic E-state index is 13.0. The Bertz CT molecular complexity index is 1470. The minimum absolute atomic E-state index is 0.0523. The summed E-state index contributed by atoms with van der Waals surface area (Å²) in [6.45, 7) is 20.1. The summed E-state index contributed by atoms with van der Waals surface area (Å²) in [6, 6.07) is 0. The molecule has 0 radical (unpaired) electrons. The second kappa shape index (κ2) is 32.4. The van der Waals surface area contributed by atoms with Gasteiger partial charge in [0, 0.05) is 26.0 Å². The molecular formula is C61H107NO7. The molecule has 9 atom stereocenters. The molecule has 69 heavy (non-hydrogen) atoms. The lowest BCUT2D eigenvalue weighted by molar-refractivity contribution is -0.155. The highest BCUT2D eigenvalue weighted by Gasteiger charge is 2.59. The lowest BCUT2D eigenvalue weighted by atomic mass is 9.47. The molecule has 4 aliphatic carbocycles. The quantitative estimate of drug-likeness (QED) is 0.0266. The van der Waals surface area contributed by atoms with Crippen molar-refractivity contribution in [3.05, 3.63) is 23.8 Å². The van der Waals surface area contributed by atoms with Gasteiger partial charge in [0.1, 0.15) is 12.9 Å². The number of fused-ring (bicyclic) bond motifs is 5. The number of ether oxygens (including phenoxy) is 5. The highest BCUT2D eigenvalue weighted by atomic mass is 16.7. The van der Waals surface area contributed by atoms with Crippen molar-refractivity contribution in [1.29, 1.82) is 0 Å². The number of carbonyl (C=O) groups excluding carboxylic acids is 2. The van der Waals surface area contributed by atoms with Gasteiger partial charge in [-0.2, -0.15) is 0 Å². The summed E-state index contributed by atoms with van der Waals surface area (Å²) in [7, 11) is 0. The number of hydrogen-bond acceptors (Lipinski definition) is 8. The minimum Gasteiger partial charge on any atom is -0.466 e. The molecule has 4 fully saturated rings. The summed E-state index contributed by atoms with van der Waals surface area (Å²) in [5.74, 6) is 4.28. The number of carbonyl (C=O) groups is 2. The molecule has 1 aliphatic heterocycles. The van der Waals surface area contributed by atoms with Crippen LogP contribution < -0.4 is 0 Å². The first-order chi connectivity index (χ1) is 33.5. The first-order valence-electron chi connectivity index (χ1n) is 29.7. The van der Waals surface area contributed by atoms with Gasteiger partial charge in [-0.1, -0.05) is 149 Å². The molecule has 1 heterocycles. The number of likely N-dealkylation sites (tertiary alicyclic amines) is 1. The van der Waals surface area contributed by atoms with Crippen molar-refractivity contribution in [2.45, 2.75) is 253 Å². The van der Waals surface area contributed by atoms with Crippen LogP contribution in [0.4, 0.5) is 0 Å². The second-order valence-corrected chi connectivity index (χ2v) is 23.9. The van der Waals surface area contributed by atoms with Gasteiger partial charge < -0.3 is 28.6 Å². The molecule has 3 saturated carbocycles. The molecule has 0 aromatic rings. The van der Waals surface area contributed by atoms with Crippen molar-refractivity contribution >= 4 is 11.9 Å². The van der Waals surface area contributed by atoms with E-state index in [1.165, 1.54) is 160 Å². The third-order valence-electron chi connectivity index (χ3n) is 18.2. The van der Waals surface area contributed by atoms with Gasteiger partial charge in [-0.05, 0) is 149 Å². The van der Waals surface area contributed by atoms with E-state index in [9.17, 15) is 9.59 Å². The summed E-state index contributed by atoms with van der Waals surface area (Å²) >= 11 is 0. The maximum Gasteiger partial charge on any atom is 0.306 e. The van der Waals surface area contributed by atoms with Crippen LogP contribution in [-0.4, -0.2) is 81.9 Å². The number of rotatable bonds is 36. The van der Waals surface area contributed by atoms with Crippen LogP contribution in [0.25, 0.3) is 0 Å². The summed E-state index contributed by atoms with van der Waals surface area (Å²) in [5, 5.41) is 0. The van der Waals surface area contributed by atoms with E-state index in [4.69, 9.17) is 23.7 Å². The van der Waals surface area contributed by atoms with E-state index >= 15 is 0 Å². The normalized spacial score (nSPS) is 28.0. The predicted molar refractivity (Wildman–Crippen MR) is 284 cm³/mol. The molecule has 0 bridgehead atoms. The summed E-state index contributed by atoms with van der Waals surface area (Å²) in [5.41, 5.74) is 2.25. The summed E-state index contributed by atoms with van der Waals surface area (Å²) in [4.78, 5) is 28.2. The predicted octanol–water partition coefficient (Wildman–Crippen LogP) is 15.6. The third-order valence-corrected chi connectivity index (χ3v) is 18.2. The second-order valence-electron chi connectivity index (χ2n) is 23.9. The summed E-state index contributed by atoms with van der Waals surface area (Å²) in [6.07, 6.45) is 43.7. The van der Waals surface area contributed by atoms with Gasteiger partial charge in [0.2, 0.25) is 0 Å². The van der Waals surface area contributed by atoms with Gasteiger partial charge in [0.15, 0.2) is 0 Å². The fourth-order valence-electron chi connectivity index (χ4n) is 14.1. The number of esters is 2. The van der Waals surface area contributed by atoms with Gasteiger partial charge in [-0.25, -0.2) is 0 Å². The van der Waals surface area contributed by atoms with Crippen LogP contribution in [-0.2, 0) is 33.3 Å². The van der Waals surface area contributed by atoms with Gasteiger partial charge >= 0.3 is 11.9 Å². The Morgan fingerprint density at radius 2 is 1.43 bits per heavy atom. The zero-order valence-electron chi connectivity index (χ0n) is 45.7. The highest BCUT2D eigenvalue weighted by Crippen LogP contribution is 2.67. The van der Waals surface area contributed by atoms with Crippen LogP contribution in [0, 0.1) is 46.3 Å². The van der Waals surface area contributed by atoms with Crippen LogP contribution in [0.1, 0.15) is 241 Å². The zero-order chi connectivity index (χ0) is 49.2. The first kappa shape index (κ1) is 58.2. The molecule has 398 valence electrons. The van der Waals surface area contributed by atoms with Crippen molar-refractivity contribution < 1.29 is 33.3 Å². The van der Waals surface area contributed by atoms with Crippen molar-refractivity contribution in [2.75, 3.05) is 52.9 Å². The molecule has 5 aliphatic rings. The molecule has 8 nitrogen and oxygen atoms in total. The first-order valence-corrected chi connectivity index (χ1v) is 29.7. The third kappa shape index (κ3) is 19.9. The number of allylic oxidation sites excluding steroid dienone is 3. The van der Waals surface area contributed by atoms with Crippen LogP contribution >= 0.6 is 0 Å². The van der Waals surface area contributed by atoms with Crippen LogP contribution in [0.5, 0.6) is 0 Å². The van der Waals surface area contributed by atoms with E-state index in [1.807, 2.05) is 0 Å². The van der Waals surface area contributed by atoms with E-state index in [0.717, 1.165) is 87.4 Å². The van der Waals surface area contributed by atoms with Gasteiger partial charge in [0.25, 0.3) is 0 Å². The van der Waals surface area contributed by atoms with E-state index in [2.05, 4.69) is 64.7 Å². The Morgan fingerprint density at radius 3 is 2.17 bits per heavy atom. The fraction of sp³-hybridized carbons (Fsp3) is 0.902. The Balaban J connectivity index is 0.890. The highest BCUT2D eigenvalue weighted by molar-refractivity contribution is 5.77. The lowest BCUT2D eigenvalue weighted by Gasteiger charge is -2.58. The fourth-order valence-corrected chi connectivity index (χ4v) is 14.1. The Kier molecular flexibility index (Phi) is 27.3. The standard InChI is InChI=1S/C61H107NO7/c1-7-8-9-10-11-12-13-14-15-16-17-18-19-20-21-25-42-65-48-66-47-53(46-62-40-23-22-24-41-62)67-43-27-44-68-58(63)34-35-59(64)69-52-36-38-60(5)51(45-52)30-31-54-56-33-32-55(50(4)29-26-28-49(2)3)61(56,6)39-37-57(54)60/h14-15,30,49-50,52-57H,7-13,16-29,31-48H2,1-6H3/b15-14-/t50-,52+,53?,54+,55-,56+,57+,60+,61-/m1/s1. The Labute approximate surface area is 424 Å². The van der Waals surface area contributed by atoms with Gasteiger partial charge in [-0.15, -0.1) is 0 Å². The van der Waals surface area contributed by atoms with Crippen molar-refractivity contribution in [2.24, 2.45) is 46.3 Å². The molecule has 0 spiro atoms. The summed E-state index contributed by atoms with van der Waals surface area (Å²) < 4.78 is 29.6. The number of unbranched alkanes of at least 4 members (excludes halogenated alkanes) is 12. The monoisotopic (exact) mass is 966 g/mol. The van der Waals surface area contributed by atoms with Crippen LogP contribution in [0.2, 0.25) is 0 Å². The molecule has 8 heteroatoms. The van der Waals surface area contributed by atoms with Crippen molar-refractivity contribution in [1.82, 2.24) is 4.90 Å². The van der Waals surface area contributed by atoms with Gasteiger partial charge in [0.05, 0.1) is 38.8 Å². The number of hydrogen-bond donors (Lipinski definition) is 0. The van der Waals surface area contributed by atoms with E-state index in [1.54, 1.807) is 0 Å². The van der Waals surface area contributed by atoms with Crippen molar-refractivity contribution in [3.63, 3.8) is 0 Å². The van der Waals surface area contributed by atoms with Crippen molar-refractivity contribution in [3.8, 4) is 0 Å². The largest absolute Gasteiger partial charge is 0.466 e. The zero-order valence-corrected chi connectivity index (χ0v) is 45.7. The molecule has 0 aromatic carbocycles. The molecule has 5 rings (SSSR count). The molecular weight excluding hydrogens is 859 g/mol. The van der Waals surface area contributed by atoms with E-state index in [0.29, 0.717) is 31.8 Å².